The lowest BCUT2D eigenvalue weighted by atomic mass is 9.92. The van der Waals surface area contributed by atoms with Gasteiger partial charge in [-0.1, -0.05) is 30.3 Å². The largest absolute Gasteiger partial charge is 0.344 e. The first-order chi connectivity index (χ1) is 8.93. The second-order valence-electron chi connectivity index (χ2n) is 5.14. The molecule has 1 aromatic rings. The maximum Gasteiger partial charge on any atom is 0.245 e. The van der Waals surface area contributed by atoms with Crippen molar-refractivity contribution in [1.82, 2.24) is 10.2 Å². The molecule has 1 saturated heterocycles. The second kappa shape index (κ2) is 5.01. The molecule has 2 unspecified atom stereocenters. The zero-order valence-electron chi connectivity index (χ0n) is 11.2. The lowest BCUT2D eigenvalue weighted by Crippen LogP contribution is -2.53. The number of hydrogen-bond donors (Lipinski definition) is 2. The fourth-order valence-corrected chi connectivity index (χ4v) is 2.18. The number of carbonyl (C=O) groups is 2. The molecular formula is C14H19N3O2. The van der Waals surface area contributed by atoms with Crippen LogP contribution in [0.2, 0.25) is 0 Å². The normalized spacial score (nSPS) is 22.2. The first-order valence-corrected chi connectivity index (χ1v) is 6.33. The second-order valence-corrected chi connectivity index (χ2v) is 5.14. The summed E-state index contributed by atoms with van der Waals surface area (Å²) in [5.41, 5.74) is 5.69. The third-order valence-electron chi connectivity index (χ3n) is 3.58. The highest BCUT2D eigenvalue weighted by atomic mass is 16.2. The van der Waals surface area contributed by atoms with Crippen molar-refractivity contribution in [2.24, 2.45) is 5.73 Å². The van der Waals surface area contributed by atoms with Gasteiger partial charge in [-0.05, 0) is 18.9 Å². The highest BCUT2D eigenvalue weighted by Gasteiger charge is 2.36. The summed E-state index contributed by atoms with van der Waals surface area (Å²) >= 11 is 0. The molecule has 2 rings (SSSR count). The monoisotopic (exact) mass is 261 g/mol. The van der Waals surface area contributed by atoms with Gasteiger partial charge in [0.25, 0.3) is 0 Å². The number of likely N-dealkylation sites (N-methyl/N-ethyl adjacent to an activating group) is 1. The summed E-state index contributed by atoms with van der Waals surface area (Å²) in [6, 6.07) is 8.70. The Morgan fingerprint density at radius 1 is 1.42 bits per heavy atom. The van der Waals surface area contributed by atoms with Crippen molar-refractivity contribution in [3.05, 3.63) is 35.9 Å². The van der Waals surface area contributed by atoms with Gasteiger partial charge in [-0.25, -0.2) is 0 Å². The Hall–Kier alpha value is -1.88. The van der Waals surface area contributed by atoms with E-state index in [0.717, 1.165) is 5.56 Å². The van der Waals surface area contributed by atoms with Crippen molar-refractivity contribution in [3.63, 3.8) is 0 Å². The van der Waals surface area contributed by atoms with E-state index in [-0.39, 0.29) is 11.8 Å². The zero-order valence-corrected chi connectivity index (χ0v) is 11.2. The van der Waals surface area contributed by atoms with Crippen LogP contribution in [0.25, 0.3) is 0 Å². The van der Waals surface area contributed by atoms with Crippen molar-refractivity contribution < 1.29 is 9.59 Å². The summed E-state index contributed by atoms with van der Waals surface area (Å²) < 4.78 is 0. The maximum atomic E-state index is 12.3. The SMILES string of the molecule is CN1CCC(NC(=O)C(C)(N)c2ccccc2)C1=O. The minimum atomic E-state index is -1.14. The van der Waals surface area contributed by atoms with Gasteiger partial charge in [0.15, 0.2) is 0 Å². The highest BCUT2D eigenvalue weighted by molar-refractivity contribution is 5.93. The van der Waals surface area contributed by atoms with E-state index in [1.807, 2.05) is 30.3 Å². The number of rotatable bonds is 3. The van der Waals surface area contributed by atoms with E-state index in [2.05, 4.69) is 5.32 Å². The Kier molecular flexibility index (Phi) is 3.57. The number of benzene rings is 1. The molecule has 1 aromatic carbocycles. The van der Waals surface area contributed by atoms with E-state index in [0.29, 0.717) is 13.0 Å². The number of hydrogen-bond acceptors (Lipinski definition) is 3. The summed E-state index contributed by atoms with van der Waals surface area (Å²) in [6.07, 6.45) is 0.631. The van der Waals surface area contributed by atoms with Crippen molar-refractivity contribution in [1.29, 1.82) is 0 Å². The van der Waals surface area contributed by atoms with Crippen LogP contribution in [0.4, 0.5) is 0 Å². The summed E-state index contributed by atoms with van der Waals surface area (Å²) in [4.78, 5) is 25.7. The van der Waals surface area contributed by atoms with E-state index >= 15 is 0 Å². The van der Waals surface area contributed by atoms with Crippen LogP contribution in [0.15, 0.2) is 30.3 Å². The van der Waals surface area contributed by atoms with Gasteiger partial charge in [0.1, 0.15) is 11.6 Å². The maximum absolute atomic E-state index is 12.3. The third kappa shape index (κ3) is 2.61. The predicted octanol–water partition coefficient (Wildman–Crippen LogP) is 0.207. The molecule has 5 heteroatoms. The van der Waals surface area contributed by atoms with Gasteiger partial charge in [0.2, 0.25) is 11.8 Å². The highest BCUT2D eigenvalue weighted by Crippen LogP contribution is 2.18. The van der Waals surface area contributed by atoms with Crippen molar-refractivity contribution in [2.45, 2.75) is 24.9 Å². The molecule has 0 bridgehead atoms. The average molecular weight is 261 g/mol. The summed E-state index contributed by atoms with van der Waals surface area (Å²) in [6.45, 7) is 2.32. The number of likely N-dealkylation sites (tertiary alicyclic amines) is 1. The number of nitrogens with zero attached hydrogens (tertiary/aromatic N) is 1. The third-order valence-corrected chi connectivity index (χ3v) is 3.58. The fourth-order valence-electron chi connectivity index (χ4n) is 2.18. The molecule has 1 fully saturated rings. The number of amides is 2. The summed E-state index contributed by atoms with van der Waals surface area (Å²) in [5.74, 6) is -0.385. The van der Waals surface area contributed by atoms with Gasteiger partial charge in [-0.3, -0.25) is 9.59 Å². The van der Waals surface area contributed by atoms with Crippen LogP contribution >= 0.6 is 0 Å². The van der Waals surface area contributed by atoms with Crippen molar-refractivity contribution in [3.8, 4) is 0 Å². The summed E-state index contributed by atoms with van der Waals surface area (Å²) in [7, 11) is 1.73. The molecule has 1 aliphatic heterocycles. The number of nitrogens with two attached hydrogens (primary N) is 1. The van der Waals surface area contributed by atoms with E-state index in [9.17, 15) is 9.59 Å². The number of carbonyl (C=O) groups excluding carboxylic acids is 2. The molecule has 2 amide bonds. The molecule has 0 spiro atoms. The molecule has 0 aliphatic carbocycles. The minimum absolute atomic E-state index is 0.0581. The van der Waals surface area contributed by atoms with Gasteiger partial charge in [0.05, 0.1) is 0 Å². The lowest BCUT2D eigenvalue weighted by Gasteiger charge is -2.25. The average Bonchev–Trinajstić information content (AvgIpc) is 2.71. The van der Waals surface area contributed by atoms with Crippen LogP contribution in [0, 0.1) is 0 Å². The first kappa shape index (κ1) is 13.5. The van der Waals surface area contributed by atoms with Crippen LogP contribution in [-0.2, 0) is 15.1 Å². The van der Waals surface area contributed by atoms with Crippen molar-refractivity contribution >= 4 is 11.8 Å². The van der Waals surface area contributed by atoms with E-state index in [1.165, 1.54) is 0 Å². The fraction of sp³-hybridized carbons (Fsp3) is 0.429. The van der Waals surface area contributed by atoms with Crippen molar-refractivity contribution in [2.75, 3.05) is 13.6 Å². The van der Waals surface area contributed by atoms with E-state index in [1.54, 1.807) is 18.9 Å². The van der Waals surface area contributed by atoms with Crippen LogP contribution < -0.4 is 11.1 Å². The molecule has 0 radical (unpaired) electrons. The molecule has 1 aliphatic rings. The molecule has 3 N–H and O–H groups in total. The quantitative estimate of drug-likeness (QED) is 0.816. The molecule has 19 heavy (non-hydrogen) atoms. The van der Waals surface area contributed by atoms with Crippen LogP contribution in [0.3, 0.4) is 0 Å². The smallest absolute Gasteiger partial charge is 0.245 e. The molecular weight excluding hydrogens is 242 g/mol. The minimum Gasteiger partial charge on any atom is -0.344 e. The van der Waals surface area contributed by atoms with Gasteiger partial charge >= 0.3 is 0 Å². The predicted molar refractivity (Wildman–Crippen MR) is 72.2 cm³/mol. The van der Waals surface area contributed by atoms with E-state index < -0.39 is 11.6 Å². The first-order valence-electron chi connectivity index (χ1n) is 6.33. The van der Waals surface area contributed by atoms with Gasteiger partial charge in [-0.15, -0.1) is 0 Å². The topological polar surface area (TPSA) is 75.4 Å². The van der Waals surface area contributed by atoms with Crippen LogP contribution in [-0.4, -0.2) is 36.3 Å². The van der Waals surface area contributed by atoms with Gasteiger partial charge in [0, 0.05) is 13.6 Å². The van der Waals surface area contributed by atoms with Gasteiger partial charge < -0.3 is 16.0 Å². The zero-order chi connectivity index (χ0) is 14.0. The summed E-state index contributed by atoms with van der Waals surface area (Å²) in [5, 5.41) is 2.74. The Labute approximate surface area is 112 Å². The molecule has 0 aromatic heterocycles. The van der Waals surface area contributed by atoms with E-state index in [4.69, 9.17) is 5.73 Å². The molecule has 5 nitrogen and oxygen atoms in total. The Balaban J connectivity index is 2.10. The lowest BCUT2D eigenvalue weighted by molar-refractivity contribution is -0.133. The molecule has 0 saturated carbocycles. The van der Waals surface area contributed by atoms with Crippen LogP contribution in [0.1, 0.15) is 18.9 Å². The van der Waals surface area contributed by atoms with Gasteiger partial charge in [-0.2, -0.15) is 0 Å². The Morgan fingerprint density at radius 3 is 2.58 bits per heavy atom. The molecule has 2 atom stereocenters. The molecule has 102 valence electrons. The standard InChI is InChI=1S/C14H19N3O2/c1-14(15,10-6-4-3-5-7-10)13(19)16-11-8-9-17(2)12(11)18/h3-7,11H,8-9,15H2,1-2H3,(H,16,19). The Morgan fingerprint density at radius 2 is 2.05 bits per heavy atom. The molecule has 1 heterocycles. The Bertz CT molecular complexity index is 485. The number of nitrogens with one attached hydrogen (secondary N) is 1. The van der Waals surface area contributed by atoms with Crippen LogP contribution in [0.5, 0.6) is 0 Å².